The maximum atomic E-state index is 12.8. The van der Waals surface area contributed by atoms with Crippen LogP contribution < -0.4 is 0 Å². The third-order valence-electron chi connectivity index (χ3n) is 5.87. The zero-order chi connectivity index (χ0) is 22.4. The molecule has 1 unspecified atom stereocenters. The van der Waals surface area contributed by atoms with Gasteiger partial charge >= 0.3 is 0 Å². The molecule has 0 aliphatic rings. The van der Waals surface area contributed by atoms with Crippen LogP contribution in [0.5, 0.6) is 0 Å². The summed E-state index contributed by atoms with van der Waals surface area (Å²) in [7, 11) is 0. The molecule has 160 valence electrons. The Morgan fingerprint density at radius 1 is 0.656 bits per heavy atom. The monoisotopic (exact) mass is 422 g/mol. The second kappa shape index (κ2) is 9.73. The molecular formula is C29H26O3. The zero-order valence-electron chi connectivity index (χ0n) is 17.8. The van der Waals surface area contributed by atoms with E-state index in [9.17, 15) is 9.90 Å². The summed E-state index contributed by atoms with van der Waals surface area (Å²) in [5, 5.41) is 18.9. The number of aliphatic hydroxyl groups excluding tert-OH is 2. The van der Waals surface area contributed by atoms with Gasteiger partial charge in [-0.3, -0.25) is 4.79 Å². The van der Waals surface area contributed by atoms with Crippen LogP contribution >= 0.6 is 0 Å². The van der Waals surface area contributed by atoms with E-state index in [1.807, 2.05) is 72.8 Å². The Labute approximate surface area is 188 Å². The summed E-state index contributed by atoms with van der Waals surface area (Å²) in [5.41, 5.74) is 4.13. The van der Waals surface area contributed by atoms with Gasteiger partial charge < -0.3 is 10.2 Å². The molecule has 4 rings (SSSR count). The van der Waals surface area contributed by atoms with Crippen molar-refractivity contribution >= 4 is 5.78 Å². The van der Waals surface area contributed by atoms with Gasteiger partial charge in [-0.25, -0.2) is 0 Å². The zero-order valence-corrected chi connectivity index (χ0v) is 17.8. The smallest absolute Gasteiger partial charge is 0.165 e. The molecule has 0 aromatic heterocycles. The minimum absolute atomic E-state index is 0.116. The van der Waals surface area contributed by atoms with Crippen molar-refractivity contribution in [3.8, 4) is 0 Å². The molecule has 4 aromatic rings. The molecule has 0 saturated carbocycles. The number of Topliss-reactive ketones (excluding diaryl/α,β-unsaturated/α-hetero) is 1. The Bertz CT molecular complexity index is 1060. The molecule has 0 saturated heterocycles. The molecule has 0 aliphatic heterocycles. The topological polar surface area (TPSA) is 57.5 Å². The van der Waals surface area contributed by atoms with Crippen molar-refractivity contribution < 1.29 is 15.0 Å². The van der Waals surface area contributed by atoms with Gasteiger partial charge in [0.2, 0.25) is 0 Å². The van der Waals surface area contributed by atoms with E-state index in [1.54, 1.807) is 6.07 Å². The van der Waals surface area contributed by atoms with Crippen molar-refractivity contribution in [2.75, 3.05) is 6.61 Å². The van der Waals surface area contributed by atoms with Gasteiger partial charge in [-0.1, -0.05) is 109 Å². The maximum absolute atomic E-state index is 12.8. The van der Waals surface area contributed by atoms with Crippen molar-refractivity contribution in [1.82, 2.24) is 0 Å². The molecule has 32 heavy (non-hydrogen) atoms. The van der Waals surface area contributed by atoms with Gasteiger partial charge in [0.25, 0.3) is 0 Å². The summed E-state index contributed by atoms with van der Waals surface area (Å²) in [6, 6.07) is 38.5. The normalized spacial score (nSPS) is 12.3. The summed E-state index contributed by atoms with van der Waals surface area (Å²) in [4.78, 5) is 12.8. The summed E-state index contributed by atoms with van der Waals surface area (Å²) in [5.74, 6) is -0.198. The van der Waals surface area contributed by atoms with E-state index < -0.39 is 18.1 Å². The second-order valence-electron chi connectivity index (χ2n) is 7.89. The van der Waals surface area contributed by atoms with Gasteiger partial charge in [-0.05, 0) is 28.3 Å². The highest BCUT2D eigenvalue weighted by Crippen LogP contribution is 2.45. The second-order valence-corrected chi connectivity index (χ2v) is 7.89. The van der Waals surface area contributed by atoms with Gasteiger partial charge in [0.05, 0.1) is 18.1 Å². The largest absolute Gasteiger partial charge is 0.394 e. The average Bonchev–Trinajstić information content (AvgIpc) is 2.86. The number of benzene rings is 4. The molecule has 0 fully saturated rings. The van der Waals surface area contributed by atoms with Crippen LogP contribution in [0.1, 0.15) is 39.0 Å². The fourth-order valence-electron chi connectivity index (χ4n) is 4.39. The van der Waals surface area contributed by atoms with Crippen molar-refractivity contribution in [3.05, 3.63) is 143 Å². The van der Waals surface area contributed by atoms with Crippen LogP contribution in [0, 0.1) is 0 Å². The lowest BCUT2D eigenvalue weighted by Crippen LogP contribution is -2.31. The molecule has 0 radical (unpaired) electrons. The van der Waals surface area contributed by atoms with Crippen LogP contribution in [0.3, 0.4) is 0 Å². The predicted molar refractivity (Wildman–Crippen MR) is 127 cm³/mol. The first-order valence-electron chi connectivity index (χ1n) is 10.8. The lowest BCUT2D eigenvalue weighted by Gasteiger charge is -2.37. The molecule has 0 amide bonds. The minimum atomic E-state index is -1.06. The standard InChI is InChI=1S/C29H26O3/c30-21-27(31)20-28(32)22-11-10-18-26(19-22)29(23-12-4-1-5-13-23,24-14-6-2-7-15-24)25-16-8-3-9-17-25/h1-19,27,30-31H,20-21H2. The molecule has 4 aromatic carbocycles. The number of carbonyl (C=O) groups excluding carboxylic acids is 1. The summed E-state index contributed by atoms with van der Waals surface area (Å²) >= 11 is 0. The van der Waals surface area contributed by atoms with Gasteiger partial charge in [-0.2, -0.15) is 0 Å². The number of aliphatic hydroxyl groups is 2. The first-order chi connectivity index (χ1) is 15.7. The Balaban J connectivity index is 1.99. The third-order valence-corrected chi connectivity index (χ3v) is 5.87. The van der Waals surface area contributed by atoms with Crippen molar-refractivity contribution in [1.29, 1.82) is 0 Å². The van der Waals surface area contributed by atoms with Crippen LogP contribution in [0.4, 0.5) is 0 Å². The highest BCUT2D eigenvalue weighted by atomic mass is 16.3. The van der Waals surface area contributed by atoms with E-state index in [2.05, 4.69) is 36.4 Å². The van der Waals surface area contributed by atoms with E-state index in [-0.39, 0.29) is 12.2 Å². The van der Waals surface area contributed by atoms with E-state index in [0.29, 0.717) is 5.56 Å². The number of carbonyl (C=O) groups is 1. The fraction of sp³-hybridized carbons (Fsp3) is 0.138. The van der Waals surface area contributed by atoms with E-state index in [4.69, 9.17) is 5.11 Å². The Hall–Kier alpha value is -3.53. The summed E-state index contributed by atoms with van der Waals surface area (Å²) < 4.78 is 0. The van der Waals surface area contributed by atoms with Crippen LogP contribution in [-0.2, 0) is 5.41 Å². The van der Waals surface area contributed by atoms with Gasteiger partial charge in [0.15, 0.2) is 5.78 Å². The molecule has 0 aliphatic carbocycles. The lowest BCUT2D eigenvalue weighted by atomic mass is 9.65. The first-order valence-corrected chi connectivity index (χ1v) is 10.8. The fourth-order valence-corrected chi connectivity index (χ4v) is 4.39. The minimum Gasteiger partial charge on any atom is -0.394 e. The van der Waals surface area contributed by atoms with Gasteiger partial charge in [0.1, 0.15) is 0 Å². The van der Waals surface area contributed by atoms with Crippen molar-refractivity contribution in [2.45, 2.75) is 17.9 Å². The molecule has 3 nitrogen and oxygen atoms in total. The molecular weight excluding hydrogens is 396 g/mol. The van der Waals surface area contributed by atoms with E-state index in [1.165, 1.54) is 0 Å². The highest BCUT2D eigenvalue weighted by molar-refractivity contribution is 5.96. The maximum Gasteiger partial charge on any atom is 0.165 e. The Morgan fingerprint density at radius 2 is 1.09 bits per heavy atom. The molecule has 0 bridgehead atoms. The predicted octanol–water partition coefficient (Wildman–Crippen LogP) is 5.00. The number of hydrogen-bond acceptors (Lipinski definition) is 3. The number of rotatable bonds is 8. The average molecular weight is 423 g/mol. The quantitative estimate of drug-likeness (QED) is 0.310. The Morgan fingerprint density at radius 3 is 1.53 bits per heavy atom. The number of ketones is 1. The SMILES string of the molecule is O=C(CC(O)CO)c1cccc(C(c2ccccc2)(c2ccccc2)c2ccccc2)c1. The summed E-state index contributed by atoms with van der Waals surface area (Å²) in [6.45, 7) is -0.437. The Kier molecular flexibility index (Phi) is 6.60. The first kappa shape index (κ1) is 21.7. The number of hydrogen-bond donors (Lipinski definition) is 2. The third kappa shape index (κ3) is 4.13. The van der Waals surface area contributed by atoms with Crippen molar-refractivity contribution in [2.24, 2.45) is 0 Å². The van der Waals surface area contributed by atoms with Crippen LogP contribution in [0.2, 0.25) is 0 Å². The molecule has 0 heterocycles. The molecule has 1 atom stereocenters. The highest BCUT2D eigenvalue weighted by Gasteiger charge is 2.38. The lowest BCUT2D eigenvalue weighted by molar-refractivity contribution is 0.0703. The molecule has 0 spiro atoms. The molecule has 3 heteroatoms. The molecule has 2 N–H and O–H groups in total. The summed E-state index contributed by atoms with van der Waals surface area (Å²) in [6.07, 6.45) is -1.18. The van der Waals surface area contributed by atoms with E-state index >= 15 is 0 Å². The van der Waals surface area contributed by atoms with Gasteiger partial charge in [-0.15, -0.1) is 0 Å². The van der Waals surface area contributed by atoms with Crippen LogP contribution in [0.15, 0.2) is 115 Å². The van der Waals surface area contributed by atoms with Crippen molar-refractivity contribution in [3.63, 3.8) is 0 Å². The van der Waals surface area contributed by atoms with E-state index in [0.717, 1.165) is 22.3 Å². The van der Waals surface area contributed by atoms with Crippen LogP contribution in [0.25, 0.3) is 0 Å². The van der Waals surface area contributed by atoms with Crippen LogP contribution in [-0.4, -0.2) is 28.7 Å². The van der Waals surface area contributed by atoms with Gasteiger partial charge in [0, 0.05) is 12.0 Å².